The molecule has 6 heteroatoms. The zero-order chi connectivity index (χ0) is 17.3. The van der Waals surface area contributed by atoms with Crippen LogP contribution in [0.4, 0.5) is 0 Å². The molecule has 0 atom stereocenters. The SMILES string of the molecule is CS(=O)(=O)[O-].Cc1ccc2c(c1)c(-c1ccccc1)n1[n+]2CCC1. The molecule has 126 valence electrons. The molecule has 1 aromatic heterocycles. The summed E-state index contributed by atoms with van der Waals surface area (Å²) in [5.74, 6) is 0. The van der Waals surface area contributed by atoms with Crippen molar-refractivity contribution in [2.75, 3.05) is 6.26 Å². The van der Waals surface area contributed by atoms with Gasteiger partial charge in [-0.05, 0) is 18.6 Å². The Kier molecular flexibility index (Phi) is 4.43. The molecular weight excluding hydrogens is 324 g/mol. The second-order valence-corrected chi connectivity index (χ2v) is 7.45. The lowest BCUT2D eigenvalue weighted by Crippen LogP contribution is -2.37. The molecule has 0 aliphatic carbocycles. The Morgan fingerprint density at radius 1 is 1.12 bits per heavy atom. The van der Waals surface area contributed by atoms with Gasteiger partial charge in [-0.2, -0.15) is 4.68 Å². The third-order valence-corrected chi connectivity index (χ3v) is 4.02. The molecular formula is C18H20N2O3S. The van der Waals surface area contributed by atoms with Crippen molar-refractivity contribution in [1.29, 1.82) is 0 Å². The second-order valence-electron chi connectivity index (χ2n) is 6.04. The minimum absolute atomic E-state index is 0.604. The van der Waals surface area contributed by atoms with Crippen molar-refractivity contribution in [3.8, 4) is 11.3 Å². The fraction of sp³-hybridized carbons (Fsp3) is 0.278. The molecule has 0 fully saturated rings. The lowest BCUT2D eigenvalue weighted by Gasteiger charge is -2.01. The fourth-order valence-corrected chi connectivity index (χ4v) is 3.20. The normalized spacial score (nSPS) is 13.5. The first-order chi connectivity index (χ1) is 11.3. The average molecular weight is 344 g/mol. The topological polar surface area (TPSA) is 66.0 Å². The fourth-order valence-electron chi connectivity index (χ4n) is 3.20. The predicted octanol–water partition coefficient (Wildman–Crippen LogP) is 2.47. The molecule has 0 unspecified atom stereocenters. The van der Waals surface area contributed by atoms with E-state index in [9.17, 15) is 0 Å². The summed E-state index contributed by atoms with van der Waals surface area (Å²) in [5.41, 5.74) is 5.38. The van der Waals surface area contributed by atoms with E-state index < -0.39 is 10.1 Å². The Bertz CT molecular complexity index is 968. The van der Waals surface area contributed by atoms with E-state index in [1.165, 1.54) is 34.1 Å². The minimum Gasteiger partial charge on any atom is -0.748 e. The third kappa shape index (κ3) is 3.49. The van der Waals surface area contributed by atoms with Gasteiger partial charge < -0.3 is 4.55 Å². The highest BCUT2D eigenvalue weighted by Crippen LogP contribution is 2.30. The first-order valence-electron chi connectivity index (χ1n) is 7.84. The summed E-state index contributed by atoms with van der Waals surface area (Å²) in [6.07, 6.45) is 1.84. The van der Waals surface area contributed by atoms with Gasteiger partial charge in [-0.15, -0.1) is 4.68 Å². The van der Waals surface area contributed by atoms with E-state index in [0.717, 1.165) is 13.1 Å². The Labute approximate surface area is 141 Å². The molecule has 1 aliphatic rings. The standard InChI is InChI=1S/C17H17N2.CH4O3S/c1-13-8-9-16-15(12-13)17(14-6-3-2-4-7-14)19-11-5-10-18(16)19;1-5(2,3)4/h2-4,6-9,12H,5,10-11H2,1H3;1H3,(H,2,3,4)/q+1;/p-1. The Hall–Kier alpha value is -2.18. The molecule has 4 rings (SSSR count). The molecule has 0 N–H and O–H groups in total. The molecule has 24 heavy (non-hydrogen) atoms. The molecule has 2 heterocycles. The molecule has 0 radical (unpaired) electrons. The van der Waals surface area contributed by atoms with Crippen LogP contribution >= 0.6 is 0 Å². The Morgan fingerprint density at radius 2 is 1.79 bits per heavy atom. The second kappa shape index (κ2) is 6.37. The summed E-state index contributed by atoms with van der Waals surface area (Å²) in [7, 11) is -3.92. The summed E-state index contributed by atoms with van der Waals surface area (Å²) in [6.45, 7) is 4.42. The zero-order valence-corrected chi connectivity index (χ0v) is 14.6. The number of rotatable bonds is 1. The van der Waals surface area contributed by atoms with Crippen LogP contribution in [0, 0.1) is 6.92 Å². The molecule has 5 nitrogen and oxygen atoms in total. The van der Waals surface area contributed by atoms with Gasteiger partial charge in [0.05, 0.1) is 22.0 Å². The van der Waals surface area contributed by atoms with Crippen molar-refractivity contribution in [2.24, 2.45) is 0 Å². The van der Waals surface area contributed by atoms with E-state index in [0.29, 0.717) is 6.26 Å². The summed E-state index contributed by atoms with van der Waals surface area (Å²) in [6, 6.07) is 17.5. The Morgan fingerprint density at radius 3 is 2.46 bits per heavy atom. The van der Waals surface area contributed by atoms with Crippen LogP contribution in [0.2, 0.25) is 0 Å². The highest BCUT2D eigenvalue weighted by atomic mass is 32.2. The first kappa shape index (κ1) is 16.7. The van der Waals surface area contributed by atoms with Gasteiger partial charge in [0.25, 0.3) is 0 Å². The predicted molar refractivity (Wildman–Crippen MR) is 92.5 cm³/mol. The molecule has 0 spiro atoms. The summed E-state index contributed by atoms with van der Waals surface area (Å²) in [4.78, 5) is 0. The van der Waals surface area contributed by atoms with E-state index in [1.807, 2.05) is 0 Å². The Balaban J connectivity index is 0.000000300. The molecule has 1 aliphatic heterocycles. The maximum absolute atomic E-state index is 9.08. The van der Waals surface area contributed by atoms with Crippen LogP contribution in [0.1, 0.15) is 12.0 Å². The lowest BCUT2D eigenvalue weighted by atomic mass is 10.1. The van der Waals surface area contributed by atoms with E-state index >= 15 is 0 Å². The molecule has 0 bridgehead atoms. The van der Waals surface area contributed by atoms with Crippen LogP contribution in [-0.4, -0.2) is 23.9 Å². The number of fused-ring (bicyclic) bond motifs is 3. The van der Waals surface area contributed by atoms with Gasteiger partial charge in [0.15, 0.2) is 6.54 Å². The van der Waals surface area contributed by atoms with Gasteiger partial charge in [0, 0.05) is 24.3 Å². The third-order valence-electron chi connectivity index (χ3n) is 4.02. The van der Waals surface area contributed by atoms with Crippen molar-refractivity contribution in [3.63, 3.8) is 0 Å². The highest BCUT2D eigenvalue weighted by Gasteiger charge is 2.28. The maximum atomic E-state index is 9.08. The smallest absolute Gasteiger partial charge is 0.239 e. The van der Waals surface area contributed by atoms with Gasteiger partial charge in [0.1, 0.15) is 5.69 Å². The van der Waals surface area contributed by atoms with Crippen LogP contribution in [0.5, 0.6) is 0 Å². The number of benzene rings is 2. The van der Waals surface area contributed by atoms with Gasteiger partial charge in [-0.1, -0.05) is 36.4 Å². The van der Waals surface area contributed by atoms with Crippen LogP contribution < -0.4 is 4.68 Å². The lowest BCUT2D eigenvalue weighted by molar-refractivity contribution is -0.733. The van der Waals surface area contributed by atoms with E-state index in [2.05, 4.69) is 64.8 Å². The number of aromatic nitrogens is 2. The van der Waals surface area contributed by atoms with Gasteiger partial charge in [-0.3, -0.25) is 0 Å². The van der Waals surface area contributed by atoms with Crippen LogP contribution in [0.15, 0.2) is 48.5 Å². The first-order valence-corrected chi connectivity index (χ1v) is 9.65. The largest absolute Gasteiger partial charge is 0.748 e. The molecule has 2 aromatic carbocycles. The number of aryl methyl sites for hydroxylation is 2. The molecule has 0 saturated carbocycles. The van der Waals surface area contributed by atoms with Crippen molar-refractivity contribution < 1.29 is 17.7 Å². The van der Waals surface area contributed by atoms with Crippen molar-refractivity contribution >= 4 is 21.0 Å². The van der Waals surface area contributed by atoms with E-state index in [-0.39, 0.29) is 0 Å². The quantitative estimate of drug-likeness (QED) is 0.503. The van der Waals surface area contributed by atoms with Crippen molar-refractivity contribution in [3.05, 3.63) is 54.1 Å². The van der Waals surface area contributed by atoms with Gasteiger partial charge in [-0.25, -0.2) is 8.42 Å². The average Bonchev–Trinajstić information content (AvgIpc) is 3.06. The van der Waals surface area contributed by atoms with Gasteiger partial charge in [0.2, 0.25) is 5.52 Å². The number of nitrogens with zero attached hydrogens (tertiary/aromatic N) is 2. The summed E-state index contributed by atoms with van der Waals surface area (Å²) < 4.78 is 32.1. The van der Waals surface area contributed by atoms with E-state index in [1.54, 1.807) is 0 Å². The van der Waals surface area contributed by atoms with Crippen molar-refractivity contribution in [2.45, 2.75) is 26.4 Å². The molecule has 0 amide bonds. The number of hydrogen-bond acceptors (Lipinski definition) is 3. The monoisotopic (exact) mass is 344 g/mol. The van der Waals surface area contributed by atoms with E-state index in [4.69, 9.17) is 13.0 Å². The number of hydrogen-bond donors (Lipinski definition) is 0. The summed E-state index contributed by atoms with van der Waals surface area (Å²) >= 11 is 0. The maximum Gasteiger partial charge on any atom is 0.239 e. The highest BCUT2D eigenvalue weighted by molar-refractivity contribution is 7.84. The minimum atomic E-state index is -3.92. The van der Waals surface area contributed by atoms with Crippen LogP contribution in [0.25, 0.3) is 22.2 Å². The summed E-state index contributed by atoms with van der Waals surface area (Å²) in [5, 5.41) is 1.38. The zero-order valence-electron chi connectivity index (χ0n) is 13.8. The van der Waals surface area contributed by atoms with Gasteiger partial charge >= 0.3 is 0 Å². The van der Waals surface area contributed by atoms with Crippen LogP contribution in [0.3, 0.4) is 0 Å². The van der Waals surface area contributed by atoms with Crippen LogP contribution in [-0.2, 0) is 23.2 Å². The molecule has 0 saturated heterocycles. The molecule has 3 aromatic rings. The van der Waals surface area contributed by atoms with Crippen molar-refractivity contribution in [1.82, 2.24) is 4.68 Å².